The summed E-state index contributed by atoms with van der Waals surface area (Å²) in [6, 6.07) is 11.1. The normalized spacial score (nSPS) is 16.8. The van der Waals surface area contributed by atoms with Gasteiger partial charge in [0.15, 0.2) is 17.9 Å². The third-order valence-corrected chi connectivity index (χ3v) is 4.74. The van der Waals surface area contributed by atoms with E-state index in [2.05, 4.69) is 15.6 Å². The Labute approximate surface area is 165 Å². The van der Waals surface area contributed by atoms with Crippen molar-refractivity contribution in [1.29, 1.82) is 0 Å². The highest BCUT2D eigenvalue weighted by Gasteiger charge is 2.29. The Morgan fingerprint density at radius 2 is 2.07 bits per heavy atom. The Morgan fingerprint density at radius 3 is 2.76 bits per heavy atom. The van der Waals surface area contributed by atoms with E-state index in [9.17, 15) is 9.18 Å². The van der Waals surface area contributed by atoms with Crippen LogP contribution in [0.3, 0.4) is 0 Å². The van der Waals surface area contributed by atoms with Gasteiger partial charge in [-0.05, 0) is 12.1 Å². The third-order valence-electron chi connectivity index (χ3n) is 4.74. The molecular formula is C19H20FN5O4. The van der Waals surface area contributed by atoms with Gasteiger partial charge in [-0.1, -0.05) is 22.4 Å². The Balaban J connectivity index is 1.38. The number of hydrogen-bond acceptors (Lipinski definition) is 8. The minimum Gasteiger partial charge on any atom is -0.387 e. The molecule has 1 atom stereocenters. The summed E-state index contributed by atoms with van der Waals surface area (Å²) in [7, 11) is 0. The molecule has 29 heavy (non-hydrogen) atoms. The second-order valence-corrected chi connectivity index (χ2v) is 6.59. The molecule has 4 rings (SSSR count). The van der Waals surface area contributed by atoms with Gasteiger partial charge in [0.05, 0.1) is 13.1 Å². The summed E-state index contributed by atoms with van der Waals surface area (Å²) < 4.78 is 24.3. The number of amides is 1. The van der Waals surface area contributed by atoms with Crippen LogP contribution in [0.5, 0.6) is 0 Å². The van der Waals surface area contributed by atoms with Crippen molar-refractivity contribution in [1.82, 2.24) is 15.2 Å². The van der Waals surface area contributed by atoms with Gasteiger partial charge in [0.1, 0.15) is 18.6 Å². The lowest BCUT2D eigenvalue weighted by Gasteiger charge is -2.38. The highest BCUT2D eigenvalue weighted by molar-refractivity contribution is 5.77. The molecule has 0 spiro atoms. The highest BCUT2D eigenvalue weighted by Crippen LogP contribution is 2.25. The molecule has 1 aliphatic rings. The molecule has 0 aliphatic carbocycles. The summed E-state index contributed by atoms with van der Waals surface area (Å²) in [4.78, 5) is 14.5. The number of alkyl halides is 1. The lowest BCUT2D eigenvalue weighted by atomic mass is 10.1. The minimum absolute atomic E-state index is 0.0624. The van der Waals surface area contributed by atoms with Crippen LogP contribution in [-0.4, -0.2) is 58.8 Å². The summed E-state index contributed by atoms with van der Waals surface area (Å²) >= 11 is 0. The summed E-state index contributed by atoms with van der Waals surface area (Å²) in [5.41, 5.74) is 2.41. The average Bonchev–Trinajstić information content (AvgIpc) is 3.44. The van der Waals surface area contributed by atoms with Crippen molar-refractivity contribution in [3.05, 3.63) is 48.4 Å². The number of carbonyl (C=O) groups is 1. The fourth-order valence-electron chi connectivity index (χ4n) is 3.20. The van der Waals surface area contributed by atoms with Crippen LogP contribution in [0.15, 0.2) is 51.7 Å². The first kappa shape index (κ1) is 18.9. The van der Waals surface area contributed by atoms with Gasteiger partial charge in [-0.3, -0.25) is 4.79 Å². The predicted molar refractivity (Wildman–Crippen MR) is 102 cm³/mol. The molecule has 152 valence electrons. The Morgan fingerprint density at radius 1 is 1.24 bits per heavy atom. The molecule has 1 saturated heterocycles. The number of benzene rings is 1. The maximum Gasteiger partial charge on any atom is 0.250 e. The number of nitrogens with zero attached hydrogens (tertiary/aromatic N) is 4. The van der Waals surface area contributed by atoms with Crippen molar-refractivity contribution in [3.63, 3.8) is 0 Å². The molecule has 3 aromatic rings. The zero-order chi connectivity index (χ0) is 20.2. The number of piperazine rings is 1. The van der Waals surface area contributed by atoms with Gasteiger partial charge in [-0.15, -0.1) is 0 Å². The Kier molecular flexibility index (Phi) is 5.43. The molecular weight excluding hydrogens is 381 g/mol. The van der Waals surface area contributed by atoms with E-state index >= 15 is 0 Å². The number of hydrogen-bond donors (Lipinski definition) is 2. The van der Waals surface area contributed by atoms with Crippen LogP contribution in [0.2, 0.25) is 0 Å². The fraction of sp³-hybridized carbons (Fsp3) is 0.316. The highest BCUT2D eigenvalue weighted by atomic mass is 19.1. The van der Waals surface area contributed by atoms with E-state index in [0.29, 0.717) is 30.4 Å². The molecule has 1 unspecified atom stereocenters. The van der Waals surface area contributed by atoms with Gasteiger partial charge < -0.3 is 29.3 Å². The zero-order valence-electron chi connectivity index (χ0n) is 15.5. The number of aliphatic hydroxyl groups is 1. The average molecular weight is 401 g/mol. The fourth-order valence-corrected chi connectivity index (χ4v) is 3.20. The topological polar surface area (TPSA) is 108 Å². The van der Waals surface area contributed by atoms with Gasteiger partial charge in [0, 0.05) is 36.5 Å². The van der Waals surface area contributed by atoms with E-state index in [4.69, 9.17) is 14.2 Å². The van der Waals surface area contributed by atoms with Crippen molar-refractivity contribution < 1.29 is 23.3 Å². The first-order valence-corrected chi connectivity index (χ1v) is 9.13. The van der Waals surface area contributed by atoms with Crippen molar-refractivity contribution in [2.45, 2.75) is 12.8 Å². The standard InChI is InChI=1S/C19H20FN5O4/c20-17-11-24(6-7-25(17)19(27)12-26)14-3-1-13(2-4-14)16-9-15(29-22-16)10-21-18-5-8-28-23-18/h1-5,8-9,17,26H,6-7,10-12H2,(H,21,23). The summed E-state index contributed by atoms with van der Waals surface area (Å²) in [6.45, 7) is 0.531. The van der Waals surface area contributed by atoms with Crippen LogP contribution < -0.4 is 10.2 Å². The van der Waals surface area contributed by atoms with Gasteiger partial charge >= 0.3 is 0 Å². The number of rotatable bonds is 6. The van der Waals surface area contributed by atoms with Crippen molar-refractivity contribution in [3.8, 4) is 11.3 Å². The SMILES string of the molecule is O=C(CO)N1CCN(c2ccc(-c3cc(CNc4ccon4)on3)cc2)CC1F. The summed E-state index contributed by atoms with van der Waals surface area (Å²) in [6.07, 6.45) is 0.0314. The quantitative estimate of drug-likeness (QED) is 0.603. The van der Waals surface area contributed by atoms with Crippen LogP contribution in [0, 0.1) is 0 Å². The van der Waals surface area contributed by atoms with Crippen LogP contribution in [0.1, 0.15) is 5.76 Å². The summed E-state index contributed by atoms with van der Waals surface area (Å²) in [5, 5.41) is 19.8. The van der Waals surface area contributed by atoms with E-state index in [-0.39, 0.29) is 13.1 Å². The second kappa shape index (κ2) is 8.31. The van der Waals surface area contributed by atoms with Crippen LogP contribution >= 0.6 is 0 Å². The molecule has 2 aromatic heterocycles. The van der Waals surface area contributed by atoms with Crippen molar-refractivity contribution in [2.75, 3.05) is 36.5 Å². The van der Waals surface area contributed by atoms with Crippen LogP contribution in [0.25, 0.3) is 11.3 Å². The van der Waals surface area contributed by atoms with E-state index in [0.717, 1.165) is 16.2 Å². The number of aliphatic hydroxyl groups excluding tert-OH is 1. The predicted octanol–water partition coefficient (Wildman–Crippen LogP) is 1.88. The first-order chi connectivity index (χ1) is 14.1. The van der Waals surface area contributed by atoms with E-state index in [1.165, 1.54) is 6.26 Å². The Bertz CT molecular complexity index is 944. The Hall–Kier alpha value is -3.40. The number of halogens is 1. The molecule has 10 heteroatoms. The lowest BCUT2D eigenvalue weighted by molar-refractivity contribution is -0.140. The smallest absolute Gasteiger partial charge is 0.250 e. The summed E-state index contributed by atoms with van der Waals surface area (Å²) in [5.74, 6) is 0.670. The molecule has 2 N–H and O–H groups in total. The third kappa shape index (κ3) is 4.21. The van der Waals surface area contributed by atoms with Crippen LogP contribution in [0.4, 0.5) is 15.9 Å². The maximum absolute atomic E-state index is 14.3. The second-order valence-electron chi connectivity index (χ2n) is 6.59. The maximum atomic E-state index is 14.3. The van der Waals surface area contributed by atoms with Crippen molar-refractivity contribution in [2.24, 2.45) is 0 Å². The molecule has 3 heterocycles. The van der Waals surface area contributed by atoms with Gasteiger partial charge in [-0.2, -0.15) is 0 Å². The van der Waals surface area contributed by atoms with Crippen LogP contribution in [-0.2, 0) is 11.3 Å². The monoisotopic (exact) mass is 401 g/mol. The van der Waals surface area contributed by atoms with E-state index in [1.54, 1.807) is 6.07 Å². The van der Waals surface area contributed by atoms with E-state index in [1.807, 2.05) is 35.2 Å². The largest absolute Gasteiger partial charge is 0.387 e. The van der Waals surface area contributed by atoms with E-state index < -0.39 is 18.8 Å². The molecule has 1 fully saturated rings. The number of anilines is 2. The number of aromatic nitrogens is 2. The van der Waals surface area contributed by atoms with Gasteiger partial charge in [0.25, 0.3) is 5.91 Å². The van der Waals surface area contributed by atoms with Crippen molar-refractivity contribution >= 4 is 17.4 Å². The molecule has 1 aromatic carbocycles. The number of carbonyl (C=O) groups excluding carboxylic acids is 1. The minimum atomic E-state index is -1.45. The van der Waals surface area contributed by atoms with Gasteiger partial charge in [-0.25, -0.2) is 4.39 Å². The zero-order valence-corrected chi connectivity index (χ0v) is 15.5. The molecule has 0 saturated carbocycles. The number of nitrogens with one attached hydrogen (secondary N) is 1. The first-order valence-electron chi connectivity index (χ1n) is 9.13. The lowest BCUT2D eigenvalue weighted by Crippen LogP contribution is -2.54. The molecule has 0 radical (unpaired) electrons. The molecule has 0 bridgehead atoms. The molecule has 1 amide bonds. The van der Waals surface area contributed by atoms with Gasteiger partial charge in [0.2, 0.25) is 0 Å². The molecule has 1 aliphatic heterocycles. The molecule has 9 nitrogen and oxygen atoms in total.